The second-order valence-electron chi connectivity index (χ2n) is 5.68. The highest BCUT2D eigenvalue weighted by molar-refractivity contribution is 6.02. The Kier molecular flexibility index (Phi) is 5.64. The van der Waals surface area contributed by atoms with Crippen LogP contribution in [0.15, 0.2) is 48.9 Å². The molecule has 0 fully saturated rings. The van der Waals surface area contributed by atoms with E-state index in [-0.39, 0.29) is 24.9 Å². The van der Waals surface area contributed by atoms with Crippen molar-refractivity contribution in [2.24, 2.45) is 0 Å². The Morgan fingerprint density at radius 1 is 1.21 bits per heavy atom. The largest absolute Gasteiger partial charge is 0.471 e. The summed E-state index contributed by atoms with van der Waals surface area (Å²) in [5, 5.41) is 10.7. The number of ether oxygens (including phenoxy) is 2. The number of hydrogen-bond donors (Lipinski definition) is 1. The van der Waals surface area contributed by atoms with Crippen molar-refractivity contribution in [2.45, 2.75) is 19.6 Å². The van der Waals surface area contributed by atoms with Gasteiger partial charge >= 0.3 is 6.18 Å². The van der Waals surface area contributed by atoms with Gasteiger partial charge in [-0.3, -0.25) is 4.79 Å². The first-order valence-corrected chi connectivity index (χ1v) is 8.01. The fourth-order valence-corrected chi connectivity index (χ4v) is 2.28. The van der Waals surface area contributed by atoms with E-state index in [1.807, 2.05) is 0 Å². The molecule has 1 N–H and O–H groups in total. The van der Waals surface area contributed by atoms with E-state index >= 15 is 0 Å². The number of methoxy groups -OCH3 is 1. The molecule has 3 rings (SSSR count). The van der Waals surface area contributed by atoms with Crippen LogP contribution in [0.1, 0.15) is 16.1 Å². The lowest BCUT2D eigenvalue weighted by Gasteiger charge is -2.10. The van der Waals surface area contributed by atoms with E-state index in [9.17, 15) is 18.0 Å². The molecule has 28 heavy (non-hydrogen) atoms. The smallest absolute Gasteiger partial charge is 0.416 e. The maximum absolute atomic E-state index is 12.7. The van der Waals surface area contributed by atoms with Gasteiger partial charge in [-0.1, -0.05) is 6.07 Å². The van der Waals surface area contributed by atoms with Crippen LogP contribution in [0.25, 0.3) is 0 Å². The average Bonchev–Trinajstić information content (AvgIpc) is 3.29. The molecule has 2 aromatic heterocycles. The predicted octanol–water partition coefficient (Wildman–Crippen LogP) is 2.99. The molecular weight excluding hydrogens is 379 g/mol. The number of amides is 1. The fraction of sp³-hybridized carbons (Fsp3) is 0.235. The van der Waals surface area contributed by atoms with Gasteiger partial charge in [0.2, 0.25) is 0 Å². The molecule has 0 aliphatic rings. The van der Waals surface area contributed by atoms with Crippen molar-refractivity contribution in [3.63, 3.8) is 0 Å². The zero-order chi connectivity index (χ0) is 20.1. The highest BCUT2D eigenvalue weighted by Crippen LogP contribution is 2.31. The number of nitrogens with zero attached hydrogens (tertiary/aromatic N) is 4. The van der Waals surface area contributed by atoms with Crippen LogP contribution in [-0.4, -0.2) is 32.6 Å². The number of nitrogens with one attached hydrogen (secondary N) is 1. The zero-order valence-electron chi connectivity index (χ0n) is 14.7. The average molecular weight is 395 g/mol. The van der Waals surface area contributed by atoms with Gasteiger partial charge < -0.3 is 14.8 Å². The number of carbonyl (C=O) groups excluding carboxylic acids is 1. The summed E-state index contributed by atoms with van der Waals surface area (Å²) < 4.78 is 51.2. The normalized spacial score (nSPS) is 11.4. The number of benzene rings is 1. The van der Waals surface area contributed by atoms with Crippen LogP contribution in [0.4, 0.5) is 18.9 Å². The Morgan fingerprint density at radius 3 is 2.79 bits per heavy atom. The van der Waals surface area contributed by atoms with E-state index in [1.165, 1.54) is 47.1 Å². The first kappa shape index (κ1) is 19.4. The monoisotopic (exact) mass is 395 g/mol. The van der Waals surface area contributed by atoms with Crippen LogP contribution in [0.2, 0.25) is 0 Å². The minimum atomic E-state index is -4.45. The Balaban J connectivity index is 1.58. The topological polar surface area (TPSA) is 83.2 Å². The zero-order valence-corrected chi connectivity index (χ0v) is 14.7. The van der Waals surface area contributed by atoms with Crippen molar-refractivity contribution >= 4 is 11.6 Å². The molecule has 2 heterocycles. The second kappa shape index (κ2) is 8.13. The molecule has 0 aliphatic carbocycles. The van der Waals surface area contributed by atoms with Gasteiger partial charge in [-0.2, -0.15) is 23.4 Å². The summed E-state index contributed by atoms with van der Waals surface area (Å²) in [7, 11) is 1.52. The van der Waals surface area contributed by atoms with Crippen LogP contribution in [-0.2, 0) is 24.4 Å². The lowest BCUT2D eigenvalue weighted by atomic mass is 10.2. The molecule has 0 saturated carbocycles. The highest BCUT2D eigenvalue weighted by atomic mass is 19.4. The van der Waals surface area contributed by atoms with Crippen molar-refractivity contribution < 1.29 is 27.4 Å². The number of anilines is 1. The van der Waals surface area contributed by atoms with Crippen LogP contribution in [0.5, 0.6) is 5.75 Å². The maximum atomic E-state index is 12.7. The van der Waals surface area contributed by atoms with Crippen molar-refractivity contribution in [3.05, 3.63) is 60.2 Å². The van der Waals surface area contributed by atoms with Gasteiger partial charge in [0.25, 0.3) is 5.91 Å². The molecule has 148 valence electrons. The summed E-state index contributed by atoms with van der Waals surface area (Å²) in [5.41, 5.74) is -0.219. The first-order valence-electron chi connectivity index (χ1n) is 8.01. The Labute approximate surface area is 157 Å². The summed E-state index contributed by atoms with van der Waals surface area (Å²) >= 11 is 0. The molecule has 8 nitrogen and oxygen atoms in total. The molecule has 0 atom stereocenters. The molecule has 0 radical (unpaired) electrons. The summed E-state index contributed by atoms with van der Waals surface area (Å²) in [6.45, 7) is 0.0950. The Hall–Kier alpha value is -3.34. The number of hydrogen-bond acceptors (Lipinski definition) is 5. The van der Waals surface area contributed by atoms with E-state index in [0.29, 0.717) is 5.69 Å². The predicted molar refractivity (Wildman–Crippen MR) is 91.5 cm³/mol. The quantitative estimate of drug-likeness (QED) is 0.665. The highest BCUT2D eigenvalue weighted by Gasteiger charge is 2.30. The molecule has 0 bridgehead atoms. The SMILES string of the molecule is COCn1cc(NC(=O)c2ccn(COc3cccc(C(F)(F)F)c3)n2)cn1. The van der Waals surface area contributed by atoms with E-state index in [0.717, 1.165) is 12.1 Å². The summed E-state index contributed by atoms with van der Waals surface area (Å²) in [5.74, 6) is -0.420. The third-order valence-corrected chi connectivity index (χ3v) is 3.55. The van der Waals surface area contributed by atoms with Gasteiger partial charge in [-0.25, -0.2) is 9.36 Å². The van der Waals surface area contributed by atoms with Crippen molar-refractivity contribution in [1.82, 2.24) is 19.6 Å². The molecule has 1 amide bonds. The molecular formula is C17H16F3N5O3. The lowest BCUT2D eigenvalue weighted by Crippen LogP contribution is -2.14. The standard InChI is InChI=1S/C17H16F3N5O3/c1-27-10-25-9-13(8-21-25)22-16(26)15-5-6-24(23-15)11-28-14-4-2-3-12(7-14)17(18,19)20/h2-9H,10-11H2,1H3,(H,22,26). The van der Waals surface area contributed by atoms with Crippen molar-refractivity contribution in [3.8, 4) is 5.75 Å². The molecule has 0 aliphatic heterocycles. The molecule has 0 spiro atoms. The number of rotatable bonds is 7. The third kappa shape index (κ3) is 4.88. The first-order chi connectivity index (χ1) is 13.3. The molecule has 0 saturated heterocycles. The molecule has 0 unspecified atom stereocenters. The van der Waals surface area contributed by atoms with Crippen LogP contribution in [0, 0.1) is 0 Å². The Morgan fingerprint density at radius 2 is 2.04 bits per heavy atom. The van der Waals surface area contributed by atoms with Gasteiger partial charge in [0.15, 0.2) is 12.4 Å². The number of aromatic nitrogens is 4. The van der Waals surface area contributed by atoms with Gasteiger partial charge in [0, 0.05) is 13.3 Å². The number of halogens is 3. The van der Waals surface area contributed by atoms with Gasteiger partial charge in [0.1, 0.15) is 12.5 Å². The summed E-state index contributed by atoms with van der Waals surface area (Å²) in [4.78, 5) is 12.2. The Bertz CT molecular complexity index is 951. The van der Waals surface area contributed by atoms with E-state index in [4.69, 9.17) is 9.47 Å². The number of alkyl halides is 3. The molecule has 11 heteroatoms. The van der Waals surface area contributed by atoms with E-state index < -0.39 is 17.6 Å². The van der Waals surface area contributed by atoms with E-state index in [2.05, 4.69) is 15.5 Å². The molecule has 1 aromatic carbocycles. The third-order valence-electron chi connectivity index (χ3n) is 3.55. The second-order valence-corrected chi connectivity index (χ2v) is 5.68. The maximum Gasteiger partial charge on any atom is 0.416 e. The minimum absolute atomic E-state index is 0.0434. The van der Waals surface area contributed by atoms with Crippen LogP contribution < -0.4 is 10.1 Å². The van der Waals surface area contributed by atoms with Gasteiger partial charge in [-0.05, 0) is 24.3 Å². The van der Waals surface area contributed by atoms with Gasteiger partial charge in [0.05, 0.1) is 23.6 Å². The summed E-state index contributed by atoms with van der Waals surface area (Å²) in [6.07, 6.45) is 0.0874. The lowest BCUT2D eigenvalue weighted by molar-refractivity contribution is -0.137. The number of carbonyl (C=O) groups is 1. The van der Waals surface area contributed by atoms with E-state index in [1.54, 1.807) is 6.20 Å². The summed E-state index contributed by atoms with van der Waals surface area (Å²) in [6, 6.07) is 5.98. The van der Waals surface area contributed by atoms with Crippen molar-refractivity contribution in [1.29, 1.82) is 0 Å². The molecule has 3 aromatic rings. The van der Waals surface area contributed by atoms with Crippen LogP contribution in [0.3, 0.4) is 0 Å². The fourth-order valence-electron chi connectivity index (χ4n) is 2.28. The van der Waals surface area contributed by atoms with Gasteiger partial charge in [-0.15, -0.1) is 0 Å². The van der Waals surface area contributed by atoms with Crippen LogP contribution >= 0.6 is 0 Å². The van der Waals surface area contributed by atoms with Crippen molar-refractivity contribution in [2.75, 3.05) is 12.4 Å². The minimum Gasteiger partial charge on any atom is -0.471 e.